The fourth-order valence-electron chi connectivity index (χ4n) is 9.99. The van der Waals surface area contributed by atoms with Gasteiger partial charge in [-0.2, -0.15) is 0 Å². The second-order valence-electron chi connectivity index (χ2n) is 21.8. The summed E-state index contributed by atoms with van der Waals surface area (Å²) in [6, 6.07) is -0.634. The van der Waals surface area contributed by atoms with Crippen LogP contribution < -0.4 is 5.32 Å². The van der Waals surface area contributed by atoms with Crippen molar-refractivity contribution in [1.82, 2.24) is 5.32 Å². The van der Waals surface area contributed by atoms with Crippen LogP contribution in [0.4, 0.5) is 0 Å². The second kappa shape index (κ2) is 59.2. The third-order valence-electron chi connectivity index (χ3n) is 14.8. The van der Waals surface area contributed by atoms with Gasteiger partial charge in [0.2, 0.25) is 5.91 Å². The number of carbonyl (C=O) groups excluding carboxylic acids is 2. The van der Waals surface area contributed by atoms with Crippen molar-refractivity contribution in [2.45, 2.75) is 366 Å². The summed E-state index contributed by atoms with van der Waals surface area (Å²) in [5.41, 5.74) is 0. The summed E-state index contributed by atoms with van der Waals surface area (Å²) in [6.07, 6.45) is 71.0. The molecule has 69 heavy (non-hydrogen) atoms. The van der Waals surface area contributed by atoms with Gasteiger partial charge in [0, 0.05) is 12.8 Å². The molecule has 0 aliphatic heterocycles. The Bertz CT molecular complexity index is 1030. The smallest absolute Gasteiger partial charge is 0.305 e. The zero-order valence-corrected chi connectivity index (χ0v) is 46.8. The predicted octanol–water partition coefficient (Wildman–Crippen LogP) is 19.6. The summed E-state index contributed by atoms with van der Waals surface area (Å²) < 4.78 is 5.49. The molecule has 0 rings (SSSR count). The predicted molar refractivity (Wildman–Crippen MR) is 301 cm³/mol. The van der Waals surface area contributed by atoms with E-state index in [4.69, 9.17) is 4.74 Å². The minimum atomic E-state index is -0.850. The number of rotatable bonds is 59. The van der Waals surface area contributed by atoms with Crippen molar-refractivity contribution in [3.8, 4) is 0 Å². The first-order chi connectivity index (χ1) is 34.0. The van der Waals surface area contributed by atoms with Crippen LogP contribution in [0.25, 0.3) is 0 Å². The van der Waals surface area contributed by atoms with Gasteiger partial charge in [-0.25, -0.2) is 0 Å². The fraction of sp³-hybridized carbons (Fsp3) is 0.937. The molecule has 0 radical (unpaired) electrons. The highest BCUT2D eigenvalue weighted by atomic mass is 16.5. The van der Waals surface area contributed by atoms with E-state index in [2.05, 4.69) is 19.2 Å². The van der Waals surface area contributed by atoms with Gasteiger partial charge in [0.15, 0.2) is 0 Å². The molecule has 6 heteroatoms. The molecule has 0 aromatic carbocycles. The summed E-state index contributed by atoms with van der Waals surface area (Å²) >= 11 is 0. The lowest BCUT2D eigenvalue weighted by Crippen LogP contribution is -2.45. The minimum absolute atomic E-state index is 0.00451. The van der Waals surface area contributed by atoms with Gasteiger partial charge in [0.05, 0.1) is 25.4 Å². The van der Waals surface area contributed by atoms with E-state index in [9.17, 15) is 19.8 Å². The Hall–Kier alpha value is -1.40. The summed E-state index contributed by atoms with van der Waals surface area (Å²) in [5.74, 6) is -0.0680. The normalized spacial score (nSPS) is 12.6. The third-order valence-corrected chi connectivity index (χ3v) is 14.8. The SMILES string of the molecule is CCCCCCCCCCCCCCCCCCCC/C=C/C(O)C(CO)NC(=O)CCCCCCCCCCCCCCCCCOC(=O)CCCCCCCCCCCCCCCCCCC. The van der Waals surface area contributed by atoms with E-state index in [0.29, 0.717) is 19.4 Å². The van der Waals surface area contributed by atoms with E-state index in [0.717, 1.165) is 44.9 Å². The van der Waals surface area contributed by atoms with Crippen molar-refractivity contribution in [3.05, 3.63) is 12.2 Å². The molecule has 0 saturated carbocycles. The zero-order chi connectivity index (χ0) is 50.0. The summed E-state index contributed by atoms with van der Waals surface area (Å²) in [7, 11) is 0. The summed E-state index contributed by atoms with van der Waals surface area (Å²) in [6.45, 7) is 4.92. The highest BCUT2D eigenvalue weighted by molar-refractivity contribution is 5.76. The zero-order valence-electron chi connectivity index (χ0n) is 46.8. The molecule has 0 aromatic rings. The molecule has 2 atom stereocenters. The first-order valence-electron chi connectivity index (χ1n) is 31.5. The van der Waals surface area contributed by atoms with Crippen LogP contribution in [0.2, 0.25) is 0 Å². The number of carbonyl (C=O) groups is 2. The van der Waals surface area contributed by atoms with E-state index in [1.165, 1.54) is 283 Å². The number of unbranched alkanes of at least 4 members (excludes halogenated alkanes) is 48. The van der Waals surface area contributed by atoms with Crippen LogP contribution in [0, 0.1) is 0 Å². The topological polar surface area (TPSA) is 95.9 Å². The van der Waals surface area contributed by atoms with E-state index < -0.39 is 12.1 Å². The van der Waals surface area contributed by atoms with Gasteiger partial charge in [-0.1, -0.05) is 321 Å². The van der Waals surface area contributed by atoms with E-state index in [-0.39, 0.29) is 18.5 Å². The third kappa shape index (κ3) is 55.8. The van der Waals surface area contributed by atoms with Crippen LogP contribution in [0.1, 0.15) is 354 Å². The van der Waals surface area contributed by atoms with Gasteiger partial charge in [-0.05, 0) is 32.1 Å². The number of amides is 1. The molecule has 0 aliphatic rings. The molecular weight excluding hydrogens is 851 g/mol. The average molecular weight is 975 g/mol. The first kappa shape index (κ1) is 67.6. The molecule has 0 aliphatic carbocycles. The van der Waals surface area contributed by atoms with Gasteiger partial charge in [0.25, 0.3) is 0 Å². The maximum atomic E-state index is 12.5. The van der Waals surface area contributed by atoms with Gasteiger partial charge in [-0.3, -0.25) is 9.59 Å². The van der Waals surface area contributed by atoms with E-state index in [1.54, 1.807) is 6.08 Å². The highest BCUT2D eigenvalue weighted by Gasteiger charge is 2.18. The van der Waals surface area contributed by atoms with Crippen LogP contribution in [-0.4, -0.2) is 47.4 Å². The molecule has 0 heterocycles. The first-order valence-corrected chi connectivity index (χ1v) is 31.5. The van der Waals surface area contributed by atoms with Crippen molar-refractivity contribution < 1.29 is 24.5 Å². The summed E-state index contributed by atoms with van der Waals surface area (Å²) in [4.78, 5) is 24.6. The fourth-order valence-corrected chi connectivity index (χ4v) is 9.99. The van der Waals surface area contributed by atoms with Gasteiger partial charge in [-0.15, -0.1) is 0 Å². The molecule has 0 bridgehead atoms. The quantitative estimate of drug-likeness (QED) is 0.0321. The molecule has 0 aromatic heterocycles. The van der Waals surface area contributed by atoms with Crippen LogP contribution >= 0.6 is 0 Å². The Kier molecular flexibility index (Phi) is 58.0. The summed E-state index contributed by atoms with van der Waals surface area (Å²) in [5, 5.41) is 23.2. The average Bonchev–Trinajstić information content (AvgIpc) is 3.35. The van der Waals surface area contributed by atoms with E-state index >= 15 is 0 Å². The number of allylic oxidation sites excluding steroid dienone is 1. The molecule has 3 N–H and O–H groups in total. The van der Waals surface area contributed by atoms with Crippen LogP contribution in [0.3, 0.4) is 0 Å². The Labute approximate surface area is 431 Å². The molecule has 2 unspecified atom stereocenters. The number of nitrogens with one attached hydrogen (secondary N) is 1. The largest absolute Gasteiger partial charge is 0.466 e. The Morgan fingerprint density at radius 3 is 0.986 bits per heavy atom. The number of hydrogen-bond acceptors (Lipinski definition) is 5. The molecule has 6 nitrogen and oxygen atoms in total. The number of ether oxygens (including phenoxy) is 1. The van der Waals surface area contributed by atoms with Crippen molar-refractivity contribution in [3.63, 3.8) is 0 Å². The highest BCUT2D eigenvalue weighted by Crippen LogP contribution is 2.18. The minimum Gasteiger partial charge on any atom is -0.466 e. The molecule has 0 spiro atoms. The van der Waals surface area contributed by atoms with Gasteiger partial charge < -0.3 is 20.3 Å². The maximum absolute atomic E-state index is 12.5. The van der Waals surface area contributed by atoms with Crippen LogP contribution in [0.15, 0.2) is 12.2 Å². The van der Waals surface area contributed by atoms with Crippen molar-refractivity contribution >= 4 is 11.9 Å². The molecule has 0 fully saturated rings. The monoisotopic (exact) mass is 974 g/mol. The van der Waals surface area contributed by atoms with Gasteiger partial charge in [0.1, 0.15) is 0 Å². The van der Waals surface area contributed by atoms with Crippen LogP contribution in [-0.2, 0) is 14.3 Å². The van der Waals surface area contributed by atoms with Crippen LogP contribution in [0.5, 0.6) is 0 Å². The Morgan fingerprint density at radius 2 is 0.667 bits per heavy atom. The second-order valence-corrected chi connectivity index (χ2v) is 21.8. The molecule has 1 amide bonds. The lowest BCUT2D eigenvalue weighted by molar-refractivity contribution is -0.143. The number of esters is 1. The Balaban J connectivity index is 3.44. The standard InChI is InChI=1S/C63H123NO5/c1-3-5-7-9-11-13-15-17-19-21-22-23-25-27-31-35-39-43-47-51-55-61(66)60(59-65)64-62(67)56-52-48-44-40-36-32-28-26-30-34-38-42-46-50-54-58-69-63(68)57-53-49-45-41-37-33-29-24-20-18-16-14-12-10-8-6-4-2/h51,55,60-61,65-66H,3-50,52-54,56-59H2,1-2H3,(H,64,67)/b55-51+. The number of aliphatic hydroxyl groups excluding tert-OH is 2. The molecule has 0 saturated heterocycles. The van der Waals surface area contributed by atoms with Gasteiger partial charge >= 0.3 is 5.97 Å². The number of hydrogen-bond donors (Lipinski definition) is 3. The molecular formula is C63H123NO5. The maximum Gasteiger partial charge on any atom is 0.305 e. The number of aliphatic hydroxyl groups is 2. The van der Waals surface area contributed by atoms with Crippen molar-refractivity contribution in [1.29, 1.82) is 0 Å². The van der Waals surface area contributed by atoms with Crippen molar-refractivity contribution in [2.75, 3.05) is 13.2 Å². The Morgan fingerprint density at radius 1 is 0.391 bits per heavy atom. The lowest BCUT2D eigenvalue weighted by atomic mass is 10.0. The lowest BCUT2D eigenvalue weighted by Gasteiger charge is -2.20. The van der Waals surface area contributed by atoms with E-state index in [1.807, 2.05) is 6.08 Å². The molecule has 410 valence electrons. The van der Waals surface area contributed by atoms with Crippen molar-refractivity contribution in [2.24, 2.45) is 0 Å².